The first-order chi connectivity index (χ1) is 16.1. The first-order valence-electron chi connectivity index (χ1n) is 11.4. The molecule has 3 aromatic rings. The summed E-state index contributed by atoms with van der Waals surface area (Å²) in [5.74, 6) is 1.81. The number of alkyl halides is 3. The minimum Gasteiger partial charge on any atom is -0.381 e. The van der Waals surface area contributed by atoms with E-state index in [1.54, 1.807) is 12.3 Å². The Balaban J connectivity index is 2.11. The van der Waals surface area contributed by atoms with Crippen LogP contribution in [0.25, 0.3) is 22.4 Å². The molecule has 1 aromatic carbocycles. The second kappa shape index (κ2) is 10.7. The van der Waals surface area contributed by atoms with Crippen LogP contribution in [0.3, 0.4) is 0 Å². The Bertz CT molecular complexity index is 1120. The molecule has 2 aromatic heterocycles. The Morgan fingerprint density at radius 3 is 2.44 bits per heavy atom. The average molecular weight is 492 g/mol. The second-order valence-electron chi connectivity index (χ2n) is 8.72. The third kappa shape index (κ3) is 5.68. The number of fused-ring (bicyclic) bond motifs is 1. The van der Waals surface area contributed by atoms with Crippen molar-refractivity contribution in [2.75, 3.05) is 24.4 Å². The number of nitrogens with zero attached hydrogens (tertiary/aromatic N) is 5. The number of para-hydroxylation sites is 1. The molecule has 0 aliphatic rings. The Morgan fingerprint density at radius 2 is 1.88 bits per heavy atom. The maximum absolute atomic E-state index is 13.7. The Kier molecular flexibility index (Phi) is 8.17. The van der Waals surface area contributed by atoms with Gasteiger partial charge in [-0.05, 0) is 57.2 Å². The maximum atomic E-state index is 13.7. The van der Waals surface area contributed by atoms with E-state index in [-0.39, 0.29) is 17.5 Å². The van der Waals surface area contributed by atoms with Crippen molar-refractivity contribution in [1.29, 1.82) is 0 Å². The van der Waals surface area contributed by atoms with Crippen molar-refractivity contribution in [3.63, 3.8) is 0 Å². The van der Waals surface area contributed by atoms with Gasteiger partial charge in [-0.25, -0.2) is 9.97 Å². The van der Waals surface area contributed by atoms with Gasteiger partial charge in [0.1, 0.15) is 17.2 Å². The van der Waals surface area contributed by atoms with Crippen LogP contribution in [0.5, 0.6) is 0 Å². The van der Waals surface area contributed by atoms with Crippen LogP contribution in [-0.4, -0.2) is 44.9 Å². The summed E-state index contributed by atoms with van der Waals surface area (Å²) in [6.45, 7) is 9.55. The van der Waals surface area contributed by atoms with Crippen molar-refractivity contribution in [3.8, 4) is 11.4 Å². The van der Waals surface area contributed by atoms with E-state index in [2.05, 4.69) is 54.3 Å². The maximum Gasteiger partial charge on any atom is 0.418 e. The topological polar surface area (TPSA) is 37.2 Å². The second-order valence-corrected chi connectivity index (χ2v) is 9.00. The molecule has 1 unspecified atom stereocenters. The molecule has 9 heteroatoms. The fraction of sp³-hybridized carbons (Fsp3) is 0.440. The number of rotatable bonds is 9. The number of hydrogen-bond acceptors (Lipinski definition) is 5. The van der Waals surface area contributed by atoms with Gasteiger partial charge < -0.3 is 14.4 Å². The van der Waals surface area contributed by atoms with Gasteiger partial charge in [0.2, 0.25) is 0 Å². The highest BCUT2D eigenvalue weighted by Gasteiger charge is 2.34. The van der Waals surface area contributed by atoms with Crippen molar-refractivity contribution < 1.29 is 13.2 Å². The van der Waals surface area contributed by atoms with Crippen LogP contribution in [0.4, 0.5) is 19.0 Å². The monoisotopic (exact) mass is 491 g/mol. The summed E-state index contributed by atoms with van der Waals surface area (Å²) in [6, 6.07) is 8.14. The largest absolute Gasteiger partial charge is 0.418 e. The van der Waals surface area contributed by atoms with Crippen molar-refractivity contribution in [2.24, 2.45) is 5.92 Å². The molecule has 0 radical (unpaired) electrons. The van der Waals surface area contributed by atoms with E-state index in [1.807, 2.05) is 41.8 Å². The van der Waals surface area contributed by atoms with E-state index < -0.39 is 11.7 Å². The lowest BCUT2D eigenvalue weighted by Gasteiger charge is -2.25. The predicted molar refractivity (Wildman–Crippen MR) is 136 cm³/mol. The van der Waals surface area contributed by atoms with Crippen LogP contribution >= 0.6 is 12.6 Å². The van der Waals surface area contributed by atoms with Gasteiger partial charge in [0.15, 0.2) is 0 Å². The molecule has 184 valence electrons. The van der Waals surface area contributed by atoms with E-state index >= 15 is 0 Å². The summed E-state index contributed by atoms with van der Waals surface area (Å²) in [5, 5.41) is 0. The van der Waals surface area contributed by atoms with Gasteiger partial charge >= 0.3 is 6.18 Å². The van der Waals surface area contributed by atoms with Crippen LogP contribution in [0, 0.1) is 5.92 Å². The van der Waals surface area contributed by atoms with Gasteiger partial charge in [0, 0.05) is 37.9 Å². The van der Waals surface area contributed by atoms with Gasteiger partial charge in [-0.1, -0.05) is 19.1 Å². The molecule has 1 atom stereocenters. The molecular formula is C25H32F3N5S. The molecule has 0 spiro atoms. The molecule has 0 fully saturated rings. The first-order valence-corrected chi connectivity index (χ1v) is 12.0. The molecule has 5 nitrogen and oxygen atoms in total. The standard InChI is InChI=1S/C25H32F3N5S/c1-6-31(5)13-12-18(4)15-32-21-9-7-8-20(25(26,27)28)23(21)30-24(32)19-10-11-22(29-14-19)33(16-34)17(2)3/h7-14,17-18,34H,6,15-16H2,1-5H3/b13-12-. The third-order valence-electron chi connectivity index (χ3n) is 5.80. The summed E-state index contributed by atoms with van der Waals surface area (Å²) in [6.07, 6.45) is 1.24. The van der Waals surface area contributed by atoms with E-state index in [0.717, 1.165) is 18.4 Å². The number of hydrogen-bond donors (Lipinski definition) is 1. The Labute approximate surface area is 204 Å². The molecule has 3 rings (SSSR count). The van der Waals surface area contributed by atoms with Gasteiger partial charge in [0.25, 0.3) is 0 Å². The molecule has 0 bridgehead atoms. The van der Waals surface area contributed by atoms with Crippen LogP contribution in [0.1, 0.15) is 33.3 Å². The highest BCUT2D eigenvalue weighted by Crippen LogP contribution is 2.36. The van der Waals surface area contributed by atoms with Gasteiger partial charge in [-0.2, -0.15) is 25.8 Å². The molecule has 0 aliphatic heterocycles. The lowest BCUT2D eigenvalue weighted by atomic mass is 10.1. The van der Waals surface area contributed by atoms with Crippen LogP contribution in [0.15, 0.2) is 48.8 Å². The highest BCUT2D eigenvalue weighted by molar-refractivity contribution is 7.80. The zero-order chi connectivity index (χ0) is 25.0. The van der Waals surface area contributed by atoms with Crippen molar-refractivity contribution in [3.05, 3.63) is 54.4 Å². The SMILES string of the molecule is CCN(C)/C=C\C(C)Cn1c(-c2ccc(N(CS)C(C)C)nc2)nc2c(C(F)(F)F)cccc21. The van der Waals surface area contributed by atoms with Gasteiger partial charge in [-0.3, -0.25) is 0 Å². The lowest BCUT2D eigenvalue weighted by molar-refractivity contribution is -0.136. The number of allylic oxidation sites excluding steroid dienone is 1. The third-order valence-corrected chi connectivity index (χ3v) is 6.10. The van der Waals surface area contributed by atoms with E-state index in [9.17, 15) is 13.2 Å². The summed E-state index contributed by atoms with van der Waals surface area (Å²) in [4.78, 5) is 13.1. The number of halogens is 3. The molecule has 2 heterocycles. The predicted octanol–water partition coefficient (Wildman–Crippen LogP) is 6.32. The zero-order valence-corrected chi connectivity index (χ0v) is 21.1. The summed E-state index contributed by atoms with van der Waals surface area (Å²) >= 11 is 4.38. The smallest absolute Gasteiger partial charge is 0.381 e. The van der Waals surface area contributed by atoms with Crippen LogP contribution < -0.4 is 4.90 Å². The summed E-state index contributed by atoms with van der Waals surface area (Å²) in [7, 11) is 1.98. The van der Waals surface area contributed by atoms with E-state index in [4.69, 9.17) is 0 Å². The minimum atomic E-state index is -4.49. The fourth-order valence-electron chi connectivity index (χ4n) is 3.72. The normalized spacial score (nSPS) is 13.2. The van der Waals surface area contributed by atoms with Gasteiger partial charge in [0.05, 0.1) is 17.0 Å². The number of benzene rings is 1. The molecule has 34 heavy (non-hydrogen) atoms. The fourth-order valence-corrected chi connectivity index (χ4v) is 4.19. The molecule has 0 aliphatic carbocycles. The molecule has 0 amide bonds. The Morgan fingerprint density at radius 1 is 1.15 bits per heavy atom. The van der Waals surface area contributed by atoms with Crippen molar-refractivity contribution in [1.82, 2.24) is 19.4 Å². The quantitative estimate of drug-likeness (QED) is 0.281. The average Bonchev–Trinajstić information content (AvgIpc) is 3.15. The molecule has 0 N–H and O–H groups in total. The summed E-state index contributed by atoms with van der Waals surface area (Å²) < 4.78 is 43.1. The zero-order valence-electron chi connectivity index (χ0n) is 20.2. The lowest BCUT2D eigenvalue weighted by Crippen LogP contribution is -2.30. The minimum absolute atomic E-state index is 0.0462. The number of imidazole rings is 1. The van der Waals surface area contributed by atoms with E-state index in [1.165, 1.54) is 6.07 Å². The number of aromatic nitrogens is 3. The summed E-state index contributed by atoms with van der Waals surface area (Å²) in [5.41, 5.74) is 0.342. The first kappa shape index (κ1) is 25.9. The van der Waals surface area contributed by atoms with E-state index in [0.29, 0.717) is 29.3 Å². The van der Waals surface area contributed by atoms with Crippen molar-refractivity contribution >= 4 is 29.5 Å². The number of thiol groups is 1. The van der Waals surface area contributed by atoms with Crippen LogP contribution in [0.2, 0.25) is 0 Å². The number of pyridine rings is 1. The highest BCUT2D eigenvalue weighted by atomic mass is 32.1. The molecule has 0 saturated heterocycles. The van der Waals surface area contributed by atoms with Gasteiger partial charge in [-0.15, -0.1) is 0 Å². The van der Waals surface area contributed by atoms with Crippen molar-refractivity contribution in [2.45, 2.75) is 46.5 Å². The molecule has 0 saturated carbocycles. The van der Waals surface area contributed by atoms with Crippen LogP contribution in [-0.2, 0) is 12.7 Å². The Hall–Kier alpha value is -2.68. The molecular weight excluding hydrogens is 459 g/mol. The number of anilines is 1.